The number of aryl methyl sites for hydroxylation is 2. The molecule has 1 saturated carbocycles. The predicted octanol–water partition coefficient (Wildman–Crippen LogP) is 1.42. The van der Waals surface area contributed by atoms with Crippen molar-refractivity contribution < 1.29 is 4.79 Å². The zero-order valence-electron chi connectivity index (χ0n) is 13.6. The fraction of sp³-hybridized carbons (Fsp3) is 0.353. The van der Waals surface area contributed by atoms with Gasteiger partial charge in [0.05, 0.1) is 11.0 Å². The van der Waals surface area contributed by atoms with Crippen LogP contribution in [-0.2, 0) is 13.6 Å². The first-order valence-corrected chi connectivity index (χ1v) is 8.06. The number of carbonyl (C=O) groups is 1. The topological polar surface area (TPSA) is 81.8 Å². The monoisotopic (exact) mass is 326 g/mol. The summed E-state index contributed by atoms with van der Waals surface area (Å²) in [5.41, 5.74) is 1.73. The molecule has 4 rings (SSSR count). The number of imidazole rings is 1. The lowest BCUT2D eigenvalue weighted by molar-refractivity contribution is 0.103. The molecule has 0 amide bonds. The van der Waals surface area contributed by atoms with Gasteiger partial charge in [0.15, 0.2) is 5.78 Å². The van der Waals surface area contributed by atoms with Gasteiger partial charge in [-0.3, -0.25) is 23.4 Å². The van der Waals surface area contributed by atoms with Crippen LogP contribution in [0.15, 0.2) is 34.0 Å². The van der Waals surface area contributed by atoms with Crippen LogP contribution in [0.1, 0.15) is 41.7 Å². The number of nitrogens with one attached hydrogen (secondary N) is 1. The summed E-state index contributed by atoms with van der Waals surface area (Å²) in [4.78, 5) is 37.2. The molecule has 7 nitrogen and oxygen atoms in total. The van der Waals surface area contributed by atoms with Crippen LogP contribution in [0.5, 0.6) is 0 Å². The number of benzene rings is 1. The average molecular weight is 326 g/mol. The molecule has 0 bridgehead atoms. The third-order valence-electron chi connectivity index (χ3n) is 4.64. The molecule has 1 aliphatic rings. The molecule has 1 fully saturated rings. The second-order valence-electron chi connectivity index (χ2n) is 6.21. The van der Waals surface area contributed by atoms with Crippen molar-refractivity contribution >= 4 is 16.8 Å². The number of rotatable bonds is 4. The molecule has 0 aliphatic heterocycles. The SMILES string of the molecule is CCn1c(=O)n(C2CC2)c2cc(C(=O)c3c[nH]n(C)c3=O)ccc21. The molecule has 0 atom stereocenters. The number of aromatic nitrogens is 4. The van der Waals surface area contributed by atoms with Crippen molar-refractivity contribution in [3.05, 3.63) is 56.4 Å². The van der Waals surface area contributed by atoms with Crippen LogP contribution < -0.4 is 11.2 Å². The van der Waals surface area contributed by atoms with E-state index < -0.39 is 0 Å². The summed E-state index contributed by atoms with van der Waals surface area (Å²) in [5.74, 6) is -0.335. The van der Waals surface area contributed by atoms with Crippen LogP contribution in [-0.4, -0.2) is 24.7 Å². The molecule has 1 aliphatic carbocycles. The number of H-pyrrole nitrogens is 1. The summed E-state index contributed by atoms with van der Waals surface area (Å²) < 4.78 is 4.77. The van der Waals surface area contributed by atoms with E-state index in [4.69, 9.17) is 0 Å². The minimum absolute atomic E-state index is 0.0304. The van der Waals surface area contributed by atoms with E-state index in [9.17, 15) is 14.4 Å². The highest BCUT2D eigenvalue weighted by Crippen LogP contribution is 2.36. The van der Waals surface area contributed by atoms with E-state index in [2.05, 4.69) is 5.10 Å². The van der Waals surface area contributed by atoms with E-state index in [0.717, 1.165) is 23.9 Å². The van der Waals surface area contributed by atoms with E-state index in [0.29, 0.717) is 12.1 Å². The van der Waals surface area contributed by atoms with Gasteiger partial charge in [-0.1, -0.05) is 0 Å². The highest BCUT2D eigenvalue weighted by Gasteiger charge is 2.29. The molecule has 124 valence electrons. The molecular formula is C17H18N4O3. The van der Waals surface area contributed by atoms with Gasteiger partial charge in [-0.2, -0.15) is 0 Å². The lowest BCUT2D eigenvalue weighted by Gasteiger charge is -2.02. The van der Waals surface area contributed by atoms with Crippen LogP contribution in [0.4, 0.5) is 0 Å². The first kappa shape index (κ1) is 14.7. The fourth-order valence-electron chi connectivity index (χ4n) is 3.19. The molecule has 2 heterocycles. The maximum Gasteiger partial charge on any atom is 0.329 e. The van der Waals surface area contributed by atoms with Gasteiger partial charge < -0.3 is 5.10 Å². The summed E-state index contributed by atoms with van der Waals surface area (Å²) in [7, 11) is 1.56. The number of ketones is 1. The largest absolute Gasteiger partial charge is 0.329 e. The number of fused-ring (bicyclic) bond motifs is 1. The van der Waals surface area contributed by atoms with Crippen molar-refractivity contribution in [3.63, 3.8) is 0 Å². The van der Waals surface area contributed by atoms with E-state index >= 15 is 0 Å². The number of carbonyl (C=O) groups excluding carboxylic acids is 1. The molecule has 3 aromatic rings. The standard InChI is InChI=1S/C17H18N4O3/c1-3-20-13-7-4-10(15(22)12-9-18-19(2)16(12)23)8-14(13)21(17(20)24)11-5-6-11/h4,7-9,11,18H,3,5-6H2,1-2H3. The number of aromatic amines is 1. The van der Waals surface area contributed by atoms with Crippen molar-refractivity contribution in [2.45, 2.75) is 32.4 Å². The van der Waals surface area contributed by atoms with Crippen LogP contribution in [0.3, 0.4) is 0 Å². The Morgan fingerprint density at radius 2 is 2.00 bits per heavy atom. The van der Waals surface area contributed by atoms with Gasteiger partial charge >= 0.3 is 5.69 Å². The molecule has 2 aromatic heterocycles. The van der Waals surface area contributed by atoms with E-state index in [1.165, 1.54) is 10.9 Å². The van der Waals surface area contributed by atoms with Crippen LogP contribution >= 0.6 is 0 Å². The normalized spacial score (nSPS) is 14.4. The molecule has 0 unspecified atom stereocenters. The second kappa shape index (κ2) is 5.09. The third kappa shape index (κ3) is 2.01. The summed E-state index contributed by atoms with van der Waals surface area (Å²) in [6.45, 7) is 2.52. The Labute approximate surface area is 137 Å². The predicted molar refractivity (Wildman–Crippen MR) is 89.6 cm³/mol. The van der Waals surface area contributed by atoms with Gasteiger partial charge in [-0.15, -0.1) is 0 Å². The highest BCUT2D eigenvalue weighted by atomic mass is 16.2. The van der Waals surface area contributed by atoms with Crippen LogP contribution in [0.25, 0.3) is 11.0 Å². The molecule has 7 heteroatoms. The molecule has 0 spiro atoms. The van der Waals surface area contributed by atoms with E-state index in [-0.39, 0.29) is 28.6 Å². The van der Waals surface area contributed by atoms with Crippen LogP contribution in [0, 0.1) is 0 Å². The van der Waals surface area contributed by atoms with Crippen molar-refractivity contribution in [3.8, 4) is 0 Å². The Kier molecular flexibility index (Phi) is 3.13. The molecule has 24 heavy (non-hydrogen) atoms. The minimum atomic E-state index is -0.356. The highest BCUT2D eigenvalue weighted by molar-refractivity contribution is 6.10. The fourth-order valence-corrected chi connectivity index (χ4v) is 3.19. The quantitative estimate of drug-likeness (QED) is 0.736. The van der Waals surface area contributed by atoms with Gasteiger partial charge in [-0.05, 0) is 38.0 Å². The second-order valence-corrected chi connectivity index (χ2v) is 6.21. The molecule has 0 saturated heterocycles. The maximum atomic E-state index is 12.7. The number of nitrogens with zero attached hydrogens (tertiary/aromatic N) is 3. The molecular weight excluding hydrogens is 308 g/mol. The lowest BCUT2D eigenvalue weighted by atomic mass is 10.1. The first-order valence-electron chi connectivity index (χ1n) is 8.06. The van der Waals surface area contributed by atoms with Gasteiger partial charge in [0.1, 0.15) is 5.56 Å². The average Bonchev–Trinajstić information content (AvgIpc) is 3.29. The zero-order valence-corrected chi connectivity index (χ0v) is 13.6. The van der Waals surface area contributed by atoms with Gasteiger partial charge in [0.25, 0.3) is 5.56 Å². The third-order valence-corrected chi connectivity index (χ3v) is 4.64. The summed E-state index contributed by atoms with van der Waals surface area (Å²) in [6, 6.07) is 5.43. The Balaban J connectivity index is 1.91. The van der Waals surface area contributed by atoms with E-state index in [1.54, 1.807) is 34.4 Å². The maximum absolute atomic E-state index is 12.7. The molecule has 1 N–H and O–H groups in total. The Morgan fingerprint density at radius 3 is 2.58 bits per heavy atom. The Hall–Kier alpha value is -2.83. The Bertz CT molecular complexity index is 1080. The van der Waals surface area contributed by atoms with Gasteiger partial charge in [-0.25, -0.2) is 4.79 Å². The van der Waals surface area contributed by atoms with Crippen molar-refractivity contribution in [1.29, 1.82) is 0 Å². The Morgan fingerprint density at radius 1 is 1.25 bits per heavy atom. The lowest BCUT2D eigenvalue weighted by Crippen LogP contribution is -2.23. The molecule has 0 radical (unpaired) electrons. The molecule has 1 aromatic carbocycles. The van der Waals surface area contributed by atoms with E-state index in [1.807, 2.05) is 6.92 Å². The smallest absolute Gasteiger partial charge is 0.302 e. The zero-order chi connectivity index (χ0) is 17.0. The van der Waals surface area contributed by atoms with Crippen LogP contribution in [0.2, 0.25) is 0 Å². The summed E-state index contributed by atoms with van der Waals surface area (Å²) in [5, 5.41) is 2.71. The van der Waals surface area contributed by atoms with Gasteiger partial charge in [0, 0.05) is 31.4 Å². The first-order chi connectivity index (χ1) is 11.5. The van der Waals surface area contributed by atoms with Crippen molar-refractivity contribution in [2.24, 2.45) is 7.05 Å². The minimum Gasteiger partial charge on any atom is -0.302 e. The summed E-state index contributed by atoms with van der Waals surface area (Å²) >= 11 is 0. The number of hydrogen-bond donors (Lipinski definition) is 1. The number of hydrogen-bond acceptors (Lipinski definition) is 3. The van der Waals surface area contributed by atoms with Crippen molar-refractivity contribution in [1.82, 2.24) is 18.9 Å². The summed E-state index contributed by atoms with van der Waals surface area (Å²) in [6.07, 6.45) is 3.39. The van der Waals surface area contributed by atoms with Gasteiger partial charge in [0.2, 0.25) is 0 Å². The van der Waals surface area contributed by atoms with Crippen molar-refractivity contribution in [2.75, 3.05) is 0 Å².